The predicted octanol–water partition coefficient (Wildman–Crippen LogP) is 2.07. The molecule has 1 aromatic rings. The highest BCUT2D eigenvalue weighted by Crippen LogP contribution is 2.17. The van der Waals surface area contributed by atoms with Crippen LogP contribution in [0, 0.1) is 5.82 Å². The van der Waals surface area contributed by atoms with Crippen LogP contribution >= 0.6 is 11.8 Å². The molecule has 1 amide bonds. The molecule has 0 heterocycles. The van der Waals surface area contributed by atoms with Gasteiger partial charge in [0, 0.05) is 18.0 Å². The number of carbonyl (C=O) groups is 1. The molecule has 0 bridgehead atoms. The van der Waals surface area contributed by atoms with Crippen molar-refractivity contribution in [2.75, 3.05) is 19.5 Å². The van der Waals surface area contributed by atoms with E-state index in [1.165, 1.54) is 23.9 Å². The van der Waals surface area contributed by atoms with Gasteiger partial charge in [0.15, 0.2) is 0 Å². The van der Waals surface area contributed by atoms with E-state index >= 15 is 0 Å². The molecule has 0 aromatic heterocycles. The Balaban J connectivity index is 2.30. The summed E-state index contributed by atoms with van der Waals surface area (Å²) in [4.78, 5) is 12.4. The van der Waals surface area contributed by atoms with Crippen LogP contribution < -0.4 is 5.32 Å². The third-order valence-corrected chi connectivity index (χ3v) is 3.02. The van der Waals surface area contributed by atoms with Gasteiger partial charge < -0.3 is 10.1 Å². The van der Waals surface area contributed by atoms with Crippen molar-refractivity contribution in [3.05, 3.63) is 30.1 Å². The van der Waals surface area contributed by atoms with Crippen LogP contribution in [-0.2, 0) is 9.53 Å². The number of benzene rings is 1. The van der Waals surface area contributed by atoms with E-state index in [4.69, 9.17) is 4.74 Å². The van der Waals surface area contributed by atoms with Crippen LogP contribution in [0.1, 0.15) is 6.92 Å². The lowest BCUT2D eigenvalue weighted by atomic mass is 10.3. The highest BCUT2D eigenvalue weighted by molar-refractivity contribution is 8.00. The monoisotopic (exact) mass is 257 g/mol. The van der Waals surface area contributed by atoms with Crippen molar-refractivity contribution in [1.82, 2.24) is 5.32 Å². The Labute approximate surface area is 105 Å². The van der Waals surface area contributed by atoms with Crippen LogP contribution in [0.3, 0.4) is 0 Å². The van der Waals surface area contributed by atoms with Crippen molar-refractivity contribution in [3.8, 4) is 0 Å². The molecule has 1 aromatic carbocycles. The first kappa shape index (κ1) is 14.0. The van der Waals surface area contributed by atoms with E-state index < -0.39 is 0 Å². The molecule has 1 atom stereocenters. The van der Waals surface area contributed by atoms with Gasteiger partial charge in [0.1, 0.15) is 5.82 Å². The molecule has 3 nitrogen and oxygen atoms in total. The fraction of sp³-hybridized carbons (Fsp3) is 0.417. The van der Waals surface area contributed by atoms with Crippen molar-refractivity contribution in [1.29, 1.82) is 0 Å². The Morgan fingerprint density at radius 1 is 1.47 bits per heavy atom. The van der Waals surface area contributed by atoms with E-state index in [1.54, 1.807) is 19.2 Å². The molecule has 0 aliphatic rings. The topological polar surface area (TPSA) is 38.3 Å². The maximum atomic E-state index is 12.6. The molecule has 1 rings (SSSR count). The Bertz CT molecular complexity index is 356. The van der Waals surface area contributed by atoms with Crippen LogP contribution in [0.5, 0.6) is 0 Å². The van der Waals surface area contributed by atoms with Crippen molar-refractivity contribution in [2.45, 2.75) is 17.9 Å². The van der Waals surface area contributed by atoms with Crippen molar-refractivity contribution in [2.24, 2.45) is 0 Å². The molecule has 0 saturated heterocycles. The second kappa shape index (κ2) is 7.29. The van der Waals surface area contributed by atoms with Crippen LogP contribution in [0.4, 0.5) is 4.39 Å². The Kier molecular flexibility index (Phi) is 6.00. The van der Waals surface area contributed by atoms with Gasteiger partial charge in [-0.1, -0.05) is 0 Å². The lowest BCUT2D eigenvalue weighted by Crippen LogP contribution is -2.36. The van der Waals surface area contributed by atoms with Crippen molar-refractivity contribution in [3.63, 3.8) is 0 Å². The normalized spacial score (nSPS) is 12.2. The second-order valence-corrected chi connectivity index (χ2v) is 4.72. The number of amides is 1. The highest BCUT2D eigenvalue weighted by atomic mass is 32.2. The average molecular weight is 257 g/mol. The number of ether oxygens (including phenoxy) is 1. The minimum Gasteiger partial charge on any atom is -0.383 e. The van der Waals surface area contributed by atoms with Crippen LogP contribution in [0.25, 0.3) is 0 Å². The zero-order valence-electron chi connectivity index (χ0n) is 9.90. The van der Waals surface area contributed by atoms with E-state index in [2.05, 4.69) is 5.32 Å². The molecule has 0 fully saturated rings. The molecule has 5 heteroatoms. The van der Waals surface area contributed by atoms with Crippen LogP contribution in [0.15, 0.2) is 29.2 Å². The SMILES string of the molecule is COC[C@@H](C)NC(=O)CSc1ccc(F)cc1. The summed E-state index contributed by atoms with van der Waals surface area (Å²) in [6.45, 7) is 2.37. The summed E-state index contributed by atoms with van der Waals surface area (Å²) in [5.74, 6) is -0.00365. The summed E-state index contributed by atoms with van der Waals surface area (Å²) in [5.41, 5.74) is 0. The second-order valence-electron chi connectivity index (χ2n) is 3.67. The molecular formula is C12H16FNO2S. The maximum absolute atomic E-state index is 12.6. The Hall–Kier alpha value is -1.07. The summed E-state index contributed by atoms with van der Waals surface area (Å²) in [6, 6.07) is 6.08. The summed E-state index contributed by atoms with van der Waals surface area (Å²) in [6.07, 6.45) is 0. The van der Waals surface area contributed by atoms with E-state index in [9.17, 15) is 9.18 Å². The average Bonchev–Trinajstić information content (AvgIpc) is 2.28. The molecule has 17 heavy (non-hydrogen) atoms. The minimum absolute atomic E-state index is 0.00122. The molecular weight excluding hydrogens is 241 g/mol. The van der Waals surface area contributed by atoms with Gasteiger partial charge in [-0.05, 0) is 31.2 Å². The molecule has 0 saturated carbocycles. The molecule has 0 aliphatic carbocycles. The number of halogens is 1. The summed E-state index contributed by atoms with van der Waals surface area (Å²) >= 11 is 1.38. The number of nitrogens with one attached hydrogen (secondary N) is 1. The quantitative estimate of drug-likeness (QED) is 0.793. The smallest absolute Gasteiger partial charge is 0.230 e. The predicted molar refractivity (Wildman–Crippen MR) is 66.6 cm³/mol. The lowest BCUT2D eigenvalue weighted by molar-refractivity contribution is -0.119. The number of hydrogen-bond acceptors (Lipinski definition) is 3. The zero-order chi connectivity index (χ0) is 12.7. The molecule has 0 aliphatic heterocycles. The number of methoxy groups -OCH3 is 1. The molecule has 0 radical (unpaired) electrons. The lowest BCUT2D eigenvalue weighted by Gasteiger charge is -2.12. The maximum Gasteiger partial charge on any atom is 0.230 e. The number of hydrogen-bond donors (Lipinski definition) is 1. The van der Waals surface area contributed by atoms with Crippen LogP contribution in [-0.4, -0.2) is 31.4 Å². The van der Waals surface area contributed by atoms with Gasteiger partial charge >= 0.3 is 0 Å². The first-order valence-corrected chi connectivity index (χ1v) is 6.27. The number of thioether (sulfide) groups is 1. The highest BCUT2D eigenvalue weighted by Gasteiger charge is 2.07. The van der Waals surface area contributed by atoms with Gasteiger partial charge in [0.05, 0.1) is 12.4 Å². The summed E-state index contributed by atoms with van der Waals surface area (Å²) < 4.78 is 17.6. The molecule has 94 valence electrons. The van der Waals surface area contributed by atoms with Gasteiger partial charge in [0.25, 0.3) is 0 Å². The van der Waals surface area contributed by atoms with E-state index in [0.717, 1.165) is 4.90 Å². The van der Waals surface area contributed by atoms with Gasteiger partial charge in [-0.25, -0.2) is 4.39 Å². The van der Waals surface area contributed by atoms with Crippen LogP contribution in [0.2, 0.25) is 0 Å². The molecule has 0 unspecified atom stereocenters. The summed E-state index contributed by atoms with van der Waals surface area (Å²) in [7, 11) is 1.59. The number of carbonyl (C=O) groups excluding carboxylic acids is 1. The van der Waals surface area contributed by atoms with Gasteiger partial charge in [0.2, 0.25) is 5.91 Å². The molecule has 1 N–H and O–H groups in total. The summed E-state index contributed by atoms with van der Waals surface area (Å²) in [5, 5.41) is 2.80. The minimum atomic E-state index is -0.271. The van der Waals surface area contributed by atoms with Crippen molar-refractivity contribution < 1.29 is 13.9 Å². The van der Waals surface area contributed by atoms with Crippen molar-refractivity contribution >= 4 is 17.7 Å². The van der Waals surface area contributed by atoms with Gasteiger partial charge in [-0.3, -0.25) is 4.79 Å². The van der Waals surface area contributed by atoms with Gasteiger partial charge in [-0.2, -0.15) is 0 Å². The first-order valence-electron chi connectivity index (χ1n) is 5.28. The first-order chi connectivity index (χ1) is 8.11. The zero-order valence-corrected chi connectivity index (χ0v) is 10.7. The van der Waals surface area contributed by atoms with Gasteiger partial charge in [-0.15, -0.1) is 11.8 Å². The fourth-order valence-electron chi connectivity index (χ4n) is 1.29. The largest absolute Gasteiger partial charge is 0.383 e. The van der Waals surface area contributed by atoms with E-state index in [1.807, 2.05) is 6.92 Å². The van der Waals surface area contributed by atoms with E-state index in [0.29, 0.717) is 12.4 Å². The Morgan fingerprint density at radius 3 is 2.71 bits per heavy atom. The number of rotatable bonds is 6. The third kappa shape index (κ3) is 5.70. The molecule has 0 spiro atoms. The van der Waals surface area contributed by atoms with E-state index in [-0.39, 0.29) is 17.8 Å². The third-order valence-electron chi connectivity index (χ3n) is 2.01. The fourth-order valence-corrected chi connectivity index (χ4v) is 2.00. The Morgan fingerprint density at radius 2 is 2.12 bits per heavy atom. The standard InChI is InChI=1S/C12H16FNO2S/c1-9(7-16-2)14-12(15)8-17-11-5-3-10(13)4-6-11/h3-6,9H,7-8H2,1-2H3,(H,14,15)/t9-/m1/s1.